The summed E-state index contributed by atoms with van der Waals surface area (Å²) in [6.45, 7) is 0. The summed E-state index contributed by atoms with van der Waals surface area (Å²) in [5.74, 6) is -0.992. The number of rotatable bonds is 1. The van der Waals surface area contributed by atoms with Crippen LogP contribution in [0.25, 0.3) is 10.9 Å². The normalized spacial score (nSPS) is 10.3. The molecule has 0 spiro atoms. The van der Waals surface area contributed by atoms with Gasteiger partial charge in [-0.15, -0.1) is 0 Å². The topological polar surface area (TPSA) is 76.2 Å². The second kappa shape index (κ2) is 2.99. The fourth-order valence-corrected chi connectivity index (χ4v) is 1.37. The van der Waals surface area contributed by atoms with Crippen LogP contribution in [-0.2, 0) is 0 Å². The van der Waals surface area contributed by atoms with Gasteiger partial charge in [0.2, 0.25) is 0 Å². The molecule has 14 heavy (non-hydrogen) atoms. The molecule has 1 aromatic carbocycles. The van der Waals surface area contributed by atoms with E-state index in [1.165, 1.54) is 12.3 Å². The number of aromatic carboxylic acids is 1. The molecule has 70 valence electrons. The lowest BCUT2D eigenvalue weighted by molar-refractivity contribution is 0.0699. The maximum Gasteiger partial charge on any atom is 0.337 e. The zero-order chi connectivity index (χ0) is 10.1. The van der Waals surface area contributed by atoms with Gasteiger partial charge in [-0.3, -0.25) is 4.98 Å². The van der Waals surface area contributed by atoms with Crippen molar-refractivity contribution in [1.82, 2.24) is 4.98 Å². The maximum absolute atomic E-state index is 10.8. The number of carboxylic acid groups (broad SMARTS) is 1. The molecule has 0 radical (unpaired) electrons. The summed E-state index contributed by atoms with van der Waals surface area (Å²) in [6, 6.07) is 6.57. The van der Waals surface area contributed by atoms with Gasteiger partial charge >= 0.3 is 5.97 Å². The molecular formula is C10H8N2O2. The summed E-state index contributed by atoms with van der Waals surface area (Å²) in [5, 5.41) is 9.57. The van der Waals surface area contributed by atoms with Crippen molar-refractivity contribution in [2.75, 3.05) is 5.73 Å². The van der Waals surface area contributed by atoms with Crippen molar-refractivity contribution in [2.24, 2.45) is 0 Å². The number of hydrogen-bond acceptors (Lipinski definition) is 3. The van der Waals surface area contributed by atoms with Gasteiger partial charge < -0.3 is 10.8 Å². The second-order valence-electron chi connectivity index (χ2n) is 2.91. The standard InChI is InChI=1S/C10H8N2O2/c11-8-4-5-12-9-6(8)2-1-3-7(9)10(13)14/h1-5H,(H2,11,12)(H,13,14). The van der Waals surface area contributed by atoms with Gasteiger partial charge in [-0.2, -0.15) is 0 Å². The van der Waals surface area contributed by atoms with Crippen molar-refractivity contribution in [3.63, 3.8) is 0 Å². The van der Waals surface area contributed by atoms with Crippen LogP contribution in [0.3, 0.4) is 0 Å². The molecule has 1 aromatic heterocycles. The predicted molar refractivity (Wildman–Crippen MR) is 53.1 cm³/mol. The average molecular weight is 188 g/mol. The summed E-state index contributed by atoms with van der Waals surface area (Å²) in [5.41, 5.74) is 6.84. The molecule has 4 heteroatoms. The average Bonchev–Trinajstić information content (AvgIpc) is 2.17. The molecule has 1 heterocycles. The van der Waals surface area contributed by atoms with Crippen molar-refractivity contribution in [3.8, 4) is 0 Å². The highest BCUT2D eigenvalue weighted by molar-refractivity contribution is 6.04. The Morgan fingerprint density at radius 1 is 1.36 bits per heavy atom. The highest BCUT2D eigenvalue weighted by Gasteiger charge is 2.09. The summed E-state index contributed by atoms with van der Waals surface area (Å²) >= 11 is 0. The minimum Gasteiger partial charge on any atom is -0.478 e. The third-order valence-corrected chi connectivity index (χ3v) is 2.04. The van der Waals surface area contributed by atoms with Crippen molar-refractivity contribution in [3.05, 3.63) is 36.0 Å². The Balaban J connectivity index is 2.88. The van der Waals surface area contributed by atoms with Gasteiger partial charge in [-0.1, -0.05) is 12.1 Å². The lowest BCUT2D eigenvalue weighted by Gasteiger charge is -2.02. The van der Waals surface area contributed by atoms with E-state index in [2.05, 4.69) is 4.98 Å². The largest absolute Gasteiger partial charge is 0.478 e. The summed E-state index contributed by atoms with van der Waals surface area (Å²) in [6.07, 6.45) is 1.50. The van der Waals surface area contributed by atoms with E-state index in [-0.39, 0.29) is 5.56 Å². The molecule has 0 saturated heterocycles. The second-order valence-corrected chi connectivity index (χ2v) is 2.91. The number of anilines is 1. The number of fused-ring (bicyclic) bond motifs is 1. The molecule has 2 aromatic rings. The van der Waals surface area contributed by atoms with Crippen LogP contribution in [-0.4, -0.2) is 16.1 Å². The molecule has 0 unspecified atom stereocenters. The Morgan fingerprint density at radius 3 is 2.86 bits per heavy atom. The molecule has 3 N–H and O–H groups in total. The van der Waals surface area contributed by atoms with E-state index in [4.69, 9.17) is 10.8 Å². The van der Waals surface area contributed by atoms with Crippen LogP contribution in [0.15, 0.2) is 30.5 Å². The van der Waals surface area contributed by atoms with Gasteiger partial charge in [0.25, 0.3) is 0 Å². The SMILES string of the molecule is Nc1ccnc2c(C(=O)O)cccc12. The van der Waals surface area contributed by atoms with E-state index in [1.54, 1.807) is 18.2 Å². The van der Waals surface area contributed by atoms with E-state index in [0.29, 0.717) is 16.6 Å². The zero-order valence-corrected chi connectivity index (χ0v) is 7.27. The quantitative estimate of drug-likeness (QED) is 0.711. The minimum atomic E-state index is -0.992. The Hall–Kier alpha value is -2.10. The lowest BCUT2D eigenvalue weighted by atomic mass is 10.1. The van der Waals surface area contributed by atoms with Crippen LogP contribution in [0.4, 0.5) is 5.69 Å². The molecule has 0 bridgehead atoms. The first-order valence-electron chi connectivity index (χ1n) is 4.06. The third-order valence-electron chi connectivity index (χ3n) is 2.04. The van der Waals surface area contributed by atoms with Crippen LogP contribution in [0, 0.1) is 0 Å². The number of carboxylic acids is 1. The predicted octanol–water partition coefficient (Wildman–Crippen LogP) is 1.52. The van der Waals surface area contributed by atoms with Gasteiger partial charge in [0.15, 0.2) is 0 Å². The molecule has 0 aliphatic heterocycles. The number of benzene rings is 1. The number of hydrogen-bond donors (Lipinski definition) is 2. The Labute approximate surface area is 80.0 Å². The number of para-hydroxylation sites is 1. The van der Waals surface area contributed by atoms with E-state index in [1.807, 2.05) is 0 Å². The van der Waals surface area contributed by atoms with Gasteiger partial charge in [-0.05, 0) is 12.1 Å². The highest BCUT2D eigenvalue weighted by Crippen LogP contribution is 2.21. The van der Waals surface area contributed by atoms with Gasteiger partial charge in [0.05, 0.1) is 11.1 Å². The zero-order valence-electron chi connectivity index (χ0n) is 7.27. The third kappa shape index (κ3) is 1.17. The van der Waals surface area contributed by atoms with Gasteiger partial charge in [-0.25, -0.2) is 4.79 Å². The molecule has 0 amide bonds. The lowest BCUT2D eigenvalue weighted by Crippen LogP contribution is -1.99. The number of nitrogens with two attached hydrogens (primary N) is 1. The molecular weight excluding hydrogens is 180 g/mol. The molecule has 0 saturated carbocycles. The number of carbonyl (C=O) groups is 1. The number of aromatic nitrogens is 1. The minimum absolute atomic E-state index is 0.176. The highest BCUT2D eigenvalue weighted by atomic mass is 16.4. The van der Waals surface area contributed by atoms with Crippen molar-refractivity contribution >= 4 is 22.6 Å². The molecule has 4 nitrogen and oxygen atoms in total. The number of pyridine rings is 1. The van der Waals surface area contributed by atoms with Gasteiger partial charge in [0.1, 0.15) is 0 Å². The maximum atomic E-state index is 10.8. The Morgan fingerprint density at radius 2 is 2.14 bits per heavy atom. The van der Waals surface area contributed by atoms with Crippen molar-refractivity contribution in [1.29, 1.82) is 0 Å². The number of nitrogen functional groups attached to an aromatic ring is 1. The summed E-state index contributed by atoms with van der Waals surface area (Å²) in [7, 11) is 0. The molecule has 0 aliphatic carbocycles. The van der Waals surface area contributed by atoms with Crippen LogP contribution in [0.5, 0.6) is 0 Å². The van der Waals surface area contributed by atoms with E-state index in [9.17, 15) is 4.79 Å². The Kier molecular flexibility index (Phi) is 1.81. The monoisotopic (exact) mass is 188 g/mol. The first-order valence-corrected chi connectivity index (χ1v) is 4.06. The smallest absolute Gasteiger partial charge is 0.337 e. The summed E-state index contributed by atoms with van der Waals surface area (Å²) in [4.78, 5) is 14.8. The fourth-order valence-electron chi connectivity index (χ4n) is 1.37. The van der Waals surface area contributed by atoms with Crippen molar-refractivity contribution < 1.29 is 9.90 Å². The number of nitrogens with zero attached hydrogens (tertiary/aromatic N) is 1. The molecule has 0 fully saturated rings. The molecule has 0 aliphatic rings. The van der Waals surface area contributed by atoms with Crippen molar-refractivity contribution in [2.45, 2.75) is 0 Å². The van der Waals surface area contributed by atoms with Crippen LogP contribution in [0.2, 0.25) is 0 Å². The van der Waals surface area contributed by atoms with Gasteiger partial charge in [0, 0.05) is 17.3 Å². The molecule has 2 rings (SSSR count). The van der Waals surface area contributed by atoms with E-state index in [0.717, 1.165) is 0 Å². The fraction of sp³-hybridized carbons (Fsp3) is 0. The van der Waals surface area contributed by atoms with E-state index >= 15 is 0 Å². The first-order chi connectivity index (χ1) is 6.70. The van der Waals surface area contributed by atoms with Crippen LogP contribution < -0.4 is 5.73 Å². The summed E-state index contributed by atoms with van der Waals surface area (Å²) < 4.78 is 0. The molecule has 0 atom stereocenters. The van der Waals surface area contributed by atoms with E-state index < -0.39 is 5.97 Å². The van der Waals surface area contributed by atoms with Crippen LogP contribution in [0.1, 0.15) is 10.4 Å². The first kappa shape index (κ1) is 8.50. The Bertz CT molecular complexity index is 508. The van der Waals surface area contributed by atoms with Crippen LogP contribution >= 0.6 is 0 Å².